The average molecular weight is 656 g/mol. The topological polar surface area (TPSA) is 112 Å². The van der Waals surface area contributed by atoms with Crippen molar-refractivity contribution < 1.29 is 31.1 Å². The van der Waals surface area contributed by atoms with Crippen LogP contribution in [0.1, 0.15) is 58.6 Å². The maximum Gasteiger partial charge on any atom is 0.293 e. The molecule has 0 aliphatic heterocycles. The largest absolute Gasteiger partial charge is 0.346 e. The van der Waals surface area contributed by atoms with E-state index >= 15 is 8.78 Å². The lowest BCUT2D eigenvalue weighted by Gasteiger charge is -2.23. The summed E-state index contributed by atoms with van der Waals surface area (Å²) in [6.45, 7) is -0.832. The van der Waals surface area contributed by atoms with Crippen LogP contribution in [0.25, 0.3) is 22.2 Å². The molecule has 0 radical (unpaired) electrons. The number of rotatable bonds is 8. The quantitative estimate of drug-likeness (QED) is 0.177. The molecule has 1 fully saturated rings. The smallest absolute Gasteiger partial charge is 0.293 e. The van der Waals surface area contributed by atoms with Crippen molar-refractivity contribution in [3.05, 3.63) is 99.1 Å². The minimum Gasteiger partial charge on any atom is -0.346 e. The van der Waals surface area contributed by atoms with E-state index in [4.69, 9.17) is 11.6 Å². The summed E-state index contributed by atoms with van der Waals surface area (Å²) in [5.41, 5.74) is 0.459. The molecule has 1 unspecified atom stereocenters. The number of carbonyl (C=O) groups is 1. The standard InChI is InChI=1S/C31H20ClF6N7O/c32-21-2-1-14(6-15(21)10-39)18-9-22-24(11-40-43-22)42-27(18)23(5-13-3-16(33)7-17(34)4-13)41-25(46)12-45-29-26(28(44-45)30(35)36)19-8-20(19)31(29,37)38/h1-4,6-7,9,11,19-20,23,30H,5,8,12H2,(H,40,43)(H,41,46)/t19-,20+,23?/m0/s1. The Hall–Kier alpha value is -4.90. The van der Waals surface area contributed by atoms with Crippen molar-refractivity contribution in [1.29, 1.82) is 5.26 Å². The number of fused-ring (bicyclic) bond motifs is 4. The van der Waals surface area contributed by atoms with E-state index in [0.717, 1.165) is 12.1 Å². The number of nitrogens with one attached hydrogen (secondary N) is 2. The molecule has 2 N–H and O–H groups in total. The van der Waals surface area contributed by atoms with Gasteiger partial charge in [-0.2, -0.15) is 24.2 Å². The van der Waals surface area contributed by atoms with E-state index in [1.807, 2.05) is 6.07 Å². The van der Waals surface area contributed by atoms with Gasteiger partial charge in [-0.05, 0) is 60.2 Å². The Balaban J connectivity index is 1.31. The van der Waals surface area contributed by atoms with Gasteiger partial charge in [-0.1, -0.05) is 17.7 Å². The minimum atomic E-state index is -3.44. The third-order valence-electron chi connectivity index (χ3n) is 8.34. The van der Waals surface area contributed by atoms with E-state index in [1.165, 1.54) is 18.3 Å². The molecule has 0 saturated heterocycles. The van der Waals surface area contributed by atoms with E-state index in [2.05, 4.69) is 25.6 Å². The maximum atomic E-state index is 15.1. The van der Waals surface area contributed by atoms with Gasteiger partial charge in [0.25, 0.3) is 12.3 Å². The van der Waals surface area contributed by atoms with E-state index in [1.54, 1.807) is 12.1 Å². The minimum absolute atomic E-state index is 0.0625. The first-order valence-electron chi connectivity index (χ1n) is 14.0. The Labute approximate surface area is 261 Å². The maximum absolute atomic E-state index is 15.1. The Morgan fingerprint density at radius 2 is 1.91 bits per heavy atom. The highest BCUT2D eigenvalue weighted by atomic mass is 35.5. The molecule has 0 spiro atoms. The van der Waals surface area contributed by atoms with Crippen molar-refractivity contribution in [2.75, 3.05) is 0 Å². The highest BCUT2D eigenvalue weighted by molar-refractivity contribution is 6.31. The summed E-state index contributed by atoms with van der Waals surface area (Å²) in [6, 6.07) is 9.92. The van der Waals surface area contributed by atoms with Crippen molar-refractivity contribution in [3.8, 4) is 17.2 Å². The summed E-state index contributed by atoms with van der Waals surface area (Å²) in [6.07, 6.45) is -1.86. The normalized spacial score (nSPS) is 18.3. The second kappa shape index (κ2) is 10.9. The number of pyridine rings is 1. The zero-order valence-corrected chi connectivity index (χ0v) is 24.1. The molecule has 2 aliphatic carbocycles. The zero-order valence-electron chi connectivity index (χ0n) is 23.3. The van der Waals surface area contributed by atoms with Crippen LogP contribution in [0.4, 0.5) is 26.3 Å². The Morgan fingerprint density at radius 3 is 2.63 bits per heavy atom. The summed E-state index contributed by atoms with van der Waals surface area (Å²) < 4.78 is 87.0. The molecule has 7 rings (SSSR count). The van der Waals surface area contributed by atoms with Crippen LogP contribution in [0.15, 0.2) is 48.7 Å². The molecule has 46 heavy (non-hydrogen) atoms. The Kier molecular flexibility index (Phi) is 7.04. The Bertz CT molecular complexity index is 2070. The van der Waals surface area contributed by atoms with E-state index in [9.17, 15) is 27.6 Å². The van der Waals surface area contributed by atoms with Crippen LogP contribution < -0.4 is 5.32 Å². The molecule has 2 aromatic carbocycles. The third kappa shape index (κ3) is 5.04. The van der Waals surface area contributed by atoms with Gasteiger partial charge in [-0.25, -0.2) is 22.5 Å². The summed E-state index contributed by atoms with van der Waals surface area (Å²) >= 11 is 6.15. The van der Waals surface area contributed by atoms with Gasteiger partial charge in [0, 0.05) is 23.1 Å². The summed E-state index contributed by atoms with van der Waals surface area (Å²) in [5, 5.41) is 22.9. The number of halogens is 7. The number of aromatic nitrogens is 5. The lowest BCUT2D eigenvalue weighted by Crippen LogP contribution is -2.35. The summed E-state index contributed by atoms with van der Waals surface area (Å²) in [7, 11) is 0. The molecule has 3 aromatic heterocycles. The molecule has 3 heterocycles. The van der Waals surface area contributed by atoms with Crippen LogP contribution in [0.2, 0.25) is 5.02 Å². The number of alkyl halides is 4. The molecule has 1 saturated carbocycles. The van der Waals surface area contributed by atoms with Crippen LogP contribution in [0.5, 0.6) is 0 Å². The van der Waals surface area contributed by atoms with Crippen LogP contribution in [0.3, 0.4) is 0 Å². The van der Waals surface area contributed by atoms with E-state index < -0.39 is 65.7 Å². The molecule has 15 heteroatoms. The van der Waals surface area contributed by atoms with Crippen molar-refractivity contribution in [3.63, 3.8) is 0 Å². The van der Waals surface area contributed by atoms with Gasteiger partial charge < -0.3 is 5.32 Å². The highest BCUT2D eigenvalue weighted by Crippen LogP contribution is 2.68. The number of nitriles is 1. The lowest BCUT2D eigenvalue weighted by molar-refractivity contribution is -0.123. The fourth-order valence-corrected chi connectivity index (χ4v) is 6.46. The first-order valence-corrected chi connectivity index (χ1v) is 14.4. The predicted octanol–water partition coefficient (Wildman–Crippen LogP) is 6.87. The molecule has 0 bridgehead atoms. The number of hydrogen-bond donors (Lipinski definition) is 2. The van der Waals surface area contributed by atoms with Crippen molar-refractivity contribution >= 4 is 28.5 Å². The van der Waals surface area contributed by atoms with E-state index in [0.29, 0.717) is 32.9 Å². The molecule has 2 aliphatic rings. The molecule has 234 valence electrons. The predicted molar refractivity (Wildman–Crippen MR) is 152 cm³/mol. The number of nitrogens with zero attached hydrogens (tertiary/aromatic N) is 5. The monoisotopic (exact) mass is 655 g/mol. The molecule has 8 nitrogen and oxygen atoms in total. The lowest BCUT2D eigenvalue weighted by atomic mass is 9.94. The average Bonchev–Trinajstić information content (AvgIpc) is 3.41. The van der Waals surface area contributed by atoms with Gasteiger partial charge in [0.05, 0.1) is 34.0 Å². The third-order valence-corrected chi connectivity index (χ3v) is 8.67. The molecule has 5 aromatic rings. The number of amides is 1. The van der Waals surface area contributed by atoms with Gasteiger partial charge in [0.1, 0.15) is 41.2 Å². The number of hydrogen-bond acceptors (Lipinski definition) is 5. The van der Waals surface area contributed by atoms with Crippen LogP contribution in [-0.2, 0) is 23.7 Å². The number of H-pyrrole nitrogens is 1. The van der Waals surface area contributed by atoms with Crippen LogP contribution in [-0.4, -0.2) is 30.9 Å². The number of carbonyl (C=O) groups excluding carboxylic acids is 1. The molecule has 1 amide bonds. The molecular weight excluding hydrogens is 636 g/mol. The van der Waals surface area contributed by atoms with Gasteiger partial charge in [-0.15, -0.1) is 0 Å². The number of aromatic amines is 1. The van der Waals surface area contributed by atoms with Crippen molar-refractivity contribution in [2.24, 2.45) is 5.92 Å². The van der Waals surface area contributed by atoms with Crippen molar-refractivity contribution in [1.82, 2.24) is 30.3 Å². The van der Waals surface area contributed by atoms with E-state index in [-0.39, 0.29) is 40.2 Å². The molecule has 3 atom stereocenters. The SMILES string of the molecule is N#Cc1cc(-c2cc3[nH]ncc3nc2C(Cc2cc(F)cc(F)c2)NC(=O)Cn2nc(C(F)F)c3c2C(F)(F)[C@@H]2C[C@H]32)ccc1Cl. The molecular formula is C31H20ClF6N7O. The van der Waals surface area contributed by atoms with Gasteiger partial charge in [-0.3, -0.25) is 14.6 Å². The fourth-order valence-electron chi connectivity index (χ4n) is 6.30. The van der Waals surface area contributed by atoms with Gasteiger partial charge in [0.2, 0.25) is 5.91 Å². The second-order valence-electron chi connectivity index (χ2n) is 11.3. The zero-order chi connectivity index (χ0) is 32.5. The summed E-state index contributed by atoms with van der Waals surface area (Å²) in [4.78, 5) is 18.2. The van der Waals surface area contributed by atoms with Gasteiger partial charge in [0.15, 0.2) is 0 Å². The first kappa shape index (κ1) is 29.8. The summed E-state index contributed by atoms with van der Waals surface area (Å²) in [5.74, 6) is -7.93. The van der Waals surface area contributed by atoms with Crippen LogP contribution in [0, 0.1) is 28.9 Å². The fraction of sp³-hybridized carbons (Fsp3) is 0.258. The Morgan fingerprint density at radius 1 is 1.15 bits per heavy atom. The van der Waals surface area contributed by atoms with Crippen LogP contribution >= 0.6 is 11.6 Å². The number of benzene rings is 2. The van der Waals surface area contributed by atoms with Crippen molar-refractivity contribution in [2.45, 2.75) is 43.7 Å². The second-order valence-corrected chi connectivity index (χ2v) is 11.7. The van der Waals surface area contributed by atoms with Gasteiger partial charge >= 0.3 is 0 Å². The highest BCUT2D eigenvalue weighted by Gasteiger charge is 2.67. The first-order chi connectivity index (χ1) is 21.9.